The van der Waals surface area contributed by atoms with Crippen LogP contribution in [0.3, 0.4) is 0 Å². The highest BCUT2D eigenvalue weighted by Gasteiger charge is 2.20. The normalized spacial score (nSPS) is 20.1. The molecule has 0 aromatic heterocycles. The molecular weight excluding hydrogens is 204 g/mol. The van der Waals surface area contributed by atoms with Gasteiger partial charge >= 0.3 is 0 Å². The number of carbonyl (C=O) groups excluding carboxylic acids is 1. The lowest BCUT2D eigenvalue weighted by Gasteiger charge is -2.26. The van der Waals surface area contributed by atoms with Crippen molar-refractivity contribution in [3.05, 3.63) is 0 Å². The number of hydrogen-bond acceptors (Lipinski definition) is 3. The molecule has 1 amide bonds. The van der Waals surface area contributed by atoms with Gasteiger partial charge in [0.05, 0.1) is 19.8 Å². The van der Waals surface area contributed by atoms with E-state index in [0.717, 1.165) is 26.1 Å². The van der Waals surface area contributed by atoms with E-state index in [-0.39, 0.29) is 11.9 Å². The number of terminal acetylenes is 1. The van der Waals surface area contributed by atoms with Crippen LogP contribution in [-0.4, -0.2) is 49.7 Å². The first-order valence-electron chi connectivity index (χ1n) is 5.80. The van der Waals surface area contributed by atoms with Gasteiger partial charge in [-0.3, -0.25) is 4.79 Å². The highest BCUT2D eigenvalue weighted by molar-refractivity contribution is 5.77. The Morgan fingerprint density at radius 2 is 2.50 bits per heavy atom. The van der Waals surface area contributed by atoms with Crippen LogP contribution in [0.15, 0.2) is 0 Å². The number of nitrogens with zero attached hydrogens (tertiary/aromatic N) is 1. The largest absolute Gasteiger partial charge is 0.378 e. The summed E-state index contributed by atoms with van der Waals surface area (Å²) in [4.78, 5) is 13.7. The molecule has 0 aromatic rings. The number of ether oxygens (including phenoxy) is 1. The van der Waals surface area contributed by atoms with Crippen molar-refractivity contribution in [3.63, 3.8) is 0 Å². The summed E-state index contributed by atoms with van der Waals surface area (Å²) in [7, 11) is 0. The van der Waals surface area contributed by atoms with Gasteiger partial charge in [0, 0.05) is 25.6 Å². The van der Waals surface area contributed by atoms with Crippen molar-refractivity contribution in [2.24, 2.45) is 0 Å². The Morgan fingerprint density at radius 1 is 1.69 bits per heavy atom. The van der Waals surface area contributed by atoms with Crippen LogP contribution in [-0.2, 0) is 9.53 Å². The lowest BCUT2D eigenvalue weighted by atomic mass is 10.1. The molecule has 4 nitrogen and oxygen atoms in total. The lowest BCUT2D eigenvalue weighted by Crippen LogP contribution is -2.45. The molecule has 1 saturated heterocycles. The van der Waals surface area contributed by atoms with Gasteiger partial charge in [-0.25, -0.2) is 0 Å². The van der Waals surface area contributed by atoms with E-state index in [2.05, 4.69) is 11.2 Å². The van der Waals surface area contributed by atoms with Gasteiger partial charge in [0.15, 0.2) is 0 Å². The number of amides is 1. The molecule has 0 radical (unpaired) electrons. The standard InChI is InChI=1S/C12H20N2O2/c1-3-6-14(7-4-2)12(15)9-11-10-16-8-5-13-11/h1,11,13H,4-10H2,2H3. The van der Waals surface area contributed by atoms with Crippen LogP contribution in [0.5, 0.6) is 0 Å². The van der Waals surface area contributed by atoms with Crippen molar-refractivity contribution < 1.29 is 9.53 Å². The first kappa shape index (κ1) is 13.0. The summed E-state index contributed by atoms with van der Waals surface area (Å²) >= 11 is 0. The maximum absolute atomic E-state index is 11.9. The van der Waals surface area contributed by atoms with Crippen LogP contribution in [0.1, 0.15) is 19.8 Å². The van der Waals surface area contributed by atoms with Gasteiger partial charge in [-0.15, -0.1) is 6.42 Å². The summed E-state index contributed by atoms with van der Waals surface area (Å²) in [6.07, 6.45) is 6.65. The fourth-order valence-corrected chi connectivity index (χ4v) is 1.76. The van der Waals surface area contributed by atoms with Crippen LogP contribution in [0.4, 0.5) is 0 Å². The topological polar surface area (TPSA) is 41.6 Å². The van der Waals surface area contributed by atoms with Crippen LogP contribution < -0.4 is 5.32 Å². The predicted molar refractivity (Wildman–Crippen MR) is 62.9 cm³/mol. The summed E-state index contributed by atoms with van der Waals surface area (Å²) in [6.45, 7) is 5.34. The Morgan fingerprint density at radius 3 is 3.06 bits per heavy atom. The zero-order chi connectivity index (χ0) is 11.8. The molecule has 1 aliphatic heterocycles. The molecule has 0 bridgehead atoms. The molecule has 90 valence electrons. The Kier molecular flexibility index (Phi) is 5.91. The van der Waals surface area contributed by atoms with Crippen LogP contribution in [0.2, 0.25) is 0 Å². The van der Waals surface area contributed by atoms with E-state index < -0.39 is 0 Å². The molecule has 1 aliphatic rings. The van der Waals surface area contributed by atoms with Crippen molar-refractivity contribution in [3.8, 4) is 12.3 Å². The molecular formula is C12H20N2O2. The van der Waals surface area contributed by atoms with Gasteiger partial charge in [-0.2, -0.15) is 0 Å². The first-order valence-corrected chi connectivity index (χ1v) is 5.80. The quantitative estimate of drug-likeness (QED) is 0.680. The van der Waals surface area contributed by atoms with Gasteiger partial charge in [0.2, 0.25) is 5.91 Å². The van der Waals surface area contributed by atoms with Crippen LogP contribution in [0, 0.1) is 12.3 Å². The minimum atomic E-state index is 0.114. The Labute approximate surface area is 97.3 Å². The summed E-state index contributed by atoms with van der Waals surface area (Å²) in [5.74, 6) is 2.64. The van der Waals surface area contributed by atoms with E-state index in [9.17, 15) is 4.79 Å². The minimum absolute atomic E-state index is 0.114. The second-order valence-electron chi connectivity index (χ2n) is 3.95. The van der Waals surface area contributed by atoms with Crippen molar-refractivity contribution in [2.75, 3.05) is 32.8 Å². The smallest absolute Gasteiger partial charge is 0.225 e. The molecule has 1 fully saturated rings. The van der Waals surface area contributed by atoms with E-state index in [1.807, 2.05) is 6.92 Å². The molecule has 4 heteroatoms. The van der Waals surface area contributed by atoms with Gasteiger partial charge < -0.3 is 15.0 Å². The van der Waals surface area contributed by atoms with Gasteiger partial charge in [-0.1, -0.05) is 12.8 Å². The van der Waals surface area contributed by atoms with Crippen LogP contribution in [0.25, 0.3) is 0 Å². The fraction of sp³-hybridized carbons (Fsp3) is 0.750. The van der Waals surface area contributed by atoms with E-state index in [1.54, 1.807) is 4.90 Å². The molecule has 0 aliphatic carbocycles. The van der Waals surface area contributed by atoms with Gasteiger partial charge in [-0.05, 0) is 6.42 Å². The second kappa shape index (κ2) is 7.26. The number of hydrogen-bond donors (Lipinski definition) is 1. The van der Waals surface area contributed by atoms with E-state index in [1.165, 1.54) is 0 Å². The highest BCUT2D eigenvalue weighted by Crippen LogP contribution is 2.03. The van der Waals surface area contributed by atoms with Gasteiger partial charge in [0.1, 0.15) is 0 Å². The summed E-state index contributed by atoms with van der Waals surface area (Å²) in [6, 6.07) is 0.137. The molecule has 0 saturated carbocycles. The van der Waals surface area contributed by atoms with Crippen LogP contribution >= 0.6 is 0 Å². The Balaban J connectivity index is 2.38. The van der Waals surface area contributed by atoms with E-state index >= 15 is 0 Å². The molecule has 1 heterocycles. The fourth-order valence-electron chi connectivity index (χ4n) is 1.76. The summed E-state index contributed by atoms with van der Waals surface area (Å²) in [5, 5.41) is 3.26. The summed E-state index contributed by atoms with van der Waals surface area (Å²) in [5.41, 5.74) is 0. The summed E-state index contributed by atoms with van der Waals surface area (Å²) < 4.78 is 5.31. The Hall–Kier alpha value is -1.05. The van der Waals surface area contributed by atoms with Crippen molar-refractivity contribution in [1.82, 2.24) is 10.2 Å². The zero-order valence-corrected chi connectivity index (χ0v) is 9.87. The molecule has 16 heavy (non-hydrogen) atoms. The van der Waals surface area contributed by atoms with Gasteiger partial charge in [0.25, 0.3) is 0 Å². The molecule has 1 atom stereocenters. The number of nitrogens with one attached hydrogen (secondary N) is 1. The predicted octanol–water partition coefficient (Wildman–Crippen LogP) is 0.237. The maximum Gasteiger partial charge on any atom is 0.225 e. The number of rotatable bonds is 5. The minimum Gasteiger partial charge on any atom is -0.378 e. The third kappa shape index (κ3) is 4.21. The third-order valence-corrected chi connectivity index (χ3v) is 2.55. The molecule has 1 unspecified atom stereocenters. The molecule has 1 rings (SSSR count). The Bertz CT molecular complexity index is 254. The molecule has 0 aromatic carbocycles. The second-order valence-corrected chi connectivity index (χ2v) is 3.95. The SMILES string of the molecule is C#CCN(CCC)C(=O)CC1COCCN1. The highest BCUT2D eigenvalue weighted by atomic mass is 16.5. The lowest BCUT2D eigenvalue weighted by molar-refractivity contribution is -0.131. The third-order valence-electron chi connectivity index (χ3n) is 2.55. The average molecular weight is 224 g/mol. The molecule has 0 spiro atoms. The maximum atomic E-state index is 11.9. The first-order chi connectivity index (χ1) is 7.77. The average Bonchev–Trinajstić information content (AvgIpc) is 2.30. The number of carbonyl (C=O) groups is 1. The van der Waals surface area contributed by atoms with E-state index in [0.29, 0.717) is 19.6 Å². The van der Waals surface area contributed by atoms with Crippen molar-refractivity contribution >= 4 is 5.91 Å². The van der Waals surface area contributed by atoms with Crippen molar-refractivity contribution in [2.45, 2.75) is 25.8 Å². The number of morpholine rings is 1. The molecule has 1 N–H and O–H groups in total. The zero-order valence-electron chi connectivity index (χ0n) is 9.87. The van der Waals surface area contributed by atoms with Crippen molar-refractivity contribution in [1.29, 1.82) is 0 Å². The van der Waals surface area contributed by atoms with E-state index in [4.69, 9.17) is 11.2 Å². The monoisotopic (exact) mass is 224 g/mol.